The molecule has 1 aliphatic heterocycles. The first-order valence-corrected chi connectivity index (χ1v) is 8.79. The fraction of sp³-hybridized carbons (Fsp3) is 0.526. The molecule has 2 unspecified atom stereocenters. The van der Waals surface area contributed by atoms with Gasteiger partial charge in [-0.3, -0.25) is 0 Å². The molecule has 2 atom stereocenters. The molecule has 1 heterocycles. The van der Waals surface area contributed by atoms with Crippen LogP contribution in [-0.2, 0) is 6.54 Å². The van der Waals surface area contributed by atoms with Crippen molar-refractivity contribution in [2.24, 2.45) is 5.92 Å². The van der Waals surface area contributed by atoms with Crippen LogP contribution in [0.5, 0.6) is 0 Å². The molecule has 5 heteroatoms. The molecule has 0 bridgehead atoms. The second-order valence-corrected chi connectivity index (χ2v) is 6.84. The van der Waals surface area contributed by atoms with Crippen molar-refractivity contribution >= 4 is 11.7 Å². The average molecular weight is 329 g/mol. The zero-order valence-electron chi connectivity index (χ0n) is 14.3. The maximum Gasteiger partial charge on any atom is 0.317 e. The van der Waals surface area contributed by atoms with Gasteiger partial charge in [-0.2, -0.15) is 0 Å². The summed E-state index contributed by atoms with van der Waals surface area (Å²) in [4.78, 5) is 16.2. The number of amides is 2. The number of carbonyl (C=O) groups is 1. The molecule has 1 aromatic carbocycles. The zero-order chi connectivity index (χ0) is 16.9. The predicted molar refractivity (Wildman–Crippen MR) is 96.0 cm³/mol. The number of carbonyl (C=O) groups excluding carboxylic acids is 1. The van der Waals surface area contributed by atoms with Crippen LogP contribution < -0.4 is 10.2 Å². The van der Waals surface area contributed by atoms with Gasteiger partial charge in [-0.15, -0.1) is 0 Å². The van der Waals surface area contributed by atoms with Crippen LogP contribution in [-0.4, -0.2) is 48.8 Å². The number of benzene rings is 1. The van der Waals surface area contributed by atoms with Gasteiger partial charge in [0.05, 0.1) is 6.10 Å². The summed E-state index contributed by atoms with van der Waals surface area (Å²) < 4.78 is 0. The minimum Gasteiger partial charge on any atom is -0.393 e. The normalized spacial score (nSPS) is 22.8. The van der Waals surface area contributed by atoms with Crippen molar-refractivity contribution in [2.75, 3.05) is 31.6 Å². The van der Waals surface area contributed by atoms with Crippen molar-refractivity contribution in [1.29, 1.82) is 0 Å². The average Bonchev–Trinajstić information content (AvgIpc) is 3.25. The maximum absolute atomic E-state index is 12.3. The SMILES string of the molecule is CN(CC1CCCC1O)C(=O)NCc1cccc(N2CC=CC2)c1. The number of nitrogens with zero attached hydrogens (tertiary/aromatic N) is 2. The topological polar surface area (TPSA) is 55.8 Å². The van der Waals surface area contributed by atoms with Gasteiger partial charge in [0.1, 0.15) is 0 Å². The Kier molecular flexibility index (Phi) is 5.41. The van der Waals surface area contributed by atoms with E-state index in [1.807, 2.05) is 12.1 Å². The van der Waals surface area contributed by atoms with Gasteiger partial charge < -0.3 is 20.2 Å². The molecular formula is C19H27N3O2. The first-order valence-electron chi connectivity index (χ1n) is 8.79. The van der Waals surface area contributed by atoms with Gasteiger partial charge in [0.2, 0.25) is 0 Å². The highest BCUT2D eigenvalue weighted by atomic mass is 16.3. The summed E-state index contributed by atoms with van der Waals surface area (Å²) in [6, 6.07) is 8.23. The molecule has 2 amide bonds. The lowest BCUT2D eigenvalue weighted by atomic mass is 10.1. The summed E-state index contributed by atoms with van der Waals surface area (Å²) >= 11 is 0. The van der Waals surface area contributed by atoms with E-state index in [9.17, 15) is 9.90 Å². The molecule has 3 rings (SSSR count). The van der Waals surface area contributed by atoms with Crippen molar-refractivity contribution in [3.63, 3.8) is 0 Å². The van der Waals surface area contributed by atoms with Gasteiger partial charge >= 0.3 is 6.03 Å². The van der Waals surface area contributed by atoms with Gasteiger partial charge in [0.15, 0.2) is 0 Å². The van der Waals surface area contributed by atoms with E-state index in [-0.39, 0.29) is 18.1 Å². The Morgan fingerprint density at radius 1 is 1.33 bits per heavy atom. The lowest BCUT2D eigenvalue weighted by Gasteiger charge is -2.24. The molecule has 1 aliphatic carbocycles. The number of nitrogens with one attached hydrogen (secondary N) is 1. The molecule has 1 fully saturated rings. The molecule has 1 aromatic rings. The Balaban J connectivity index is 1.49. The molecule has 0 saturated heterocycles. The monoisotopic (exact) mass is 329 g/mol. The number of aliphatic hydroxyl groups excluding tert-OH is 1. The van der Waals surface area contributed by atoms with Crippen molar-refractivity contribution in [2.45, 2.75) is 31.9 Å². The standard InChI is InChI=1S/C19H27N3O2/c1-21(14-16-7-5-9-18(16)23)19(24)20-13-15-6-4-8-17(12-15)22-10-2-3-11-22/h2-4,6,8,12,16,18,23H,5,7,9-11,13-14H2,1H3,(H,20,24). The Labute approximate surface area is 143 Å². The predicted octanol–water partition coefficient (Wildman–Crippen LogP) is 2.37. The van der Waals surface area contributed by atoms with Gasteiger partial charge in [0, 0.05) is 44.8 Å². The van der Waals surface area contributed by atoms with Gasteiger partial charge in [-0.05, 0) is 30.5 Å². The Morgan fingerprint density at radius 2 is 2.12 bits per heavy atom. The molecule has 24 heavy (non-hydrogen) atoms. The quantitative estimate of drug-likeness (QED) is 0.816. The second kappa shape index (κ2) is 7.71. The lowest BCUT2D eigenvalue weighted by Crippen LogP contribution is -2.40. The Morgan fingerprint density at radius 3 is 2.83 bits per heavy atom. The minimum absolute atomic E-state index is 0.0812. The molecule has 1 saturated carbocycles. The van der Waals surface area contributed by atoms with Crippen molar-refractivity contribution < 1.29 is 9.90 Å². The van der Waals surface area contributed by atoms with Crippen LogP contribution in [0.4, 0.5) is 10.5 Å². The first-order chi connectivity index (χ1) is 11.6. The molecular weight excluding hydrogens is 302 g/mol. The fourth-order valence-electron chi connectivity index (χ4n) is 3.53. The third kappa shape index (κ3) is 4.09. The Hall–Kier alpha value is -2.01. The van der Waals surface area contributed by atoms with E-state index >= 15 is 0 Å². The van der Waals surface area contributed by atoms with Gasteiger partial charge in [-0.25, -0.2) is 4.79 Å². The molecule has 0 radical (unpaired) electrons. The molecule has 5 nitrogen and oxygen atoms in total. The van der Waals surface area contributed by atoms with Crippen molar-refractivity contribution in [3.8, 4) is 0 Å². The van der Waals surface area contributed by atoms with Gasteiger partial charge in [0.25, 0.3) is 0 Å². The zero-order valence-corrected chi connectivity index (χ0v) is 14.3. The summed E-state index contributed by atoms with van der Waals surface area (Å²) in [5.41, 5.74) is 2.29. The molecule has 2 aliphatic rings. The van der Waals surface area contributed by atoms with Crippen molar-refractivity contribution in [3.05, 3.63) is 42.0 Å². The van der Waals surface area contributed by atoms with Gasteiger partial charge in [-0.1, -0.05) is 30.7 Å². The molecule has 0 aromatic heterocycles. The van der Waals surface area contributed by atoms with Crippen LogP contribution in [0, 0.1) is 5.92 Å². The number of rotatable bonds is 5. The van der Waals surface area contributed by atoms with Crippen LogP contribution >= 0.6 is 0 Å². The smallest absolute Gasteiger partial charge is 0.317 e. The van der Waals surface area contributed by atoms with Crippen LogP contribution in [0.3, 0.4) is 0 Å². The molecule has 130 valence electrons. The number of urea groups is 1. The van der Waals surface area contributed by atoms with Crippen LogP contribution in [0.2, 0.25) is 0 Å². The fourth-order valence-corrected chi connectivity index (χ4v) is 3.53. The van der Waals surface area contributed by atoms with E-state index in [1.54, 1.807) is 11.9 Å². The summed E-state index contributed by atoms with van der Waals surface area (Å²) in [6.45, 7) is 3.03. The Bertz CT molecular complexity index is 594. The molecule has 2 N–H and O–H groups in total. The van der Waals surface area contributed by atoms with E-state index in [1.165, 1.54) is 5.69 Å². The van der Waals surface area contributed by atoms with Crippen molar-refractivity contribution in [1.82, 2.24) is 10.2 Å². The number of anilines is 1. The number of aliphatic hydroxyl groups is 1. The summed E-state index contributed by atoms with van der Waals surface area (Å²) in [5, 5.41) is 12.9. The maximum atomic E-state index is 12.3. The highest BCUT2D eigenvalue weighted by molar-refractivity contribution is 5.73. The third-order valence-electron chi connectivity index (χ3n) is 5.01. The first kappa shape index (κ1) is 16.8. The highest BCUT2D eigenvalue weighted by Crippen LogP contribution is 2.26. The highest BCUT2D eigenvalue weighted by Gasteiger charge is 2.27. The summed E-state index contributed by atoms with van der Waals surface area (Å²) in [5.74, 6) is 0.215. The largest absolute Gasteiger partial charge is 0.393 e. The van der Waals surface area contributed by atoms with Crippen LogP contribution in [0.25, 0.3) is 0 Å². The van der Waals surface area contributed by atoms with E-state index in [0.29, 0.717) is 13.1 Å². The summed E-state index contributed by atoms with van der Waals surface area (Å²) in [6.07, 6.45) is 7.00. The van der Waals surface area contributed by atoms with E-state index in [2.05, 4.69) is 34.5 Å². The minimum atomic E-state index is -0.258. The lowest BCUT2D eigenvalue weighted by molar-refractivity contribution is 0.114. The van der Waals surface area contributed by atoms with E-state index in [0.717, 1.165) is 37.9 Å². The van der Waals surface area contributed by atoms with E-state index < -0.39 is 0 Å². The number of hydrogen-bond acceptors (Lipinski definition) is 3. The van der Waals surface area contributed by atoms with Crippen LogP contribution in [0.1, 0.15) is 24.8 Å². The second-order valence-electron chi connectivity index (χ2n) is 6.84. The third-order valence-corrected chi connectivity index (χ3v) is 5.01. The van der Waals surface area contributed by atoms with Crippen LogP contribution in [0.15, 0.2) is 36.4 Å². The summed E-state index contributed by atoms with van der Waals surface area (Å²) in [7, 11) is 1.80. The van der Waals surface area contributed by atoms with E-state index in [4.69, 9.17) is 0 Å². The molecule has 0 spiro atoms. The number of hydrogen-bond donors (Lipinski definition) is 2.